The molecule has 1 aromatic heterocycles. The van der Waals surface area contributed by atoms with E-state index in [4.69, 9.17) is 27.2 Å². The maximum absolute atomic E-state index is 14.0. The molecule has 0 aliphatic carbocycles. The lowest BCUT2D eigenvalue weighted by Crippen LogP contribution is -2.42. The minimum absolute atomic E-state index is 0.0794. The van der Waals surface area contributed by atoms with Crippen LogP contribution in [0.2, 0.25) is 0 Å². The van der Waals surface area contributed by atoms with E-state index in [0.29, 0.717) is 0 Å². The Balaban J connectivity index is 2.48. The molecule has 10 heteroatoms. The molecule has 1 aliphatic heterocycles. The standard InChI is InChI=1S/C10H13FN2O6S/c11-10(3-15)6(17)5(16)8(19-10)13-1-4(2-14)7(18)12-9(13)20/h1,5-6,8,14-17H,2-3H2,(H,12,18,20)/t5-,6+,8-,10-/m1/s1. The minimum atomic E-state index is -2.84. The number of nitrogens with one attached hydrogen (secondary N) is 1. The first-order chi connectivity index (χ1) is 9.34. The quantitative estimate of drug-likeness (QED) is 0.421. The zero-order valence-corrected chi connectivity index (χ0v) is 10.9. The van der Waals surface area contributed by atoms with Crippen LogP contribution in [0.4, 0.5) is 4.39 Å². The van der Waals surface area contributed by atoms with Crippen molar-refractivity contribution in [1.29, 1.82) is 0 Å². The SMILES string of the molecule is O=c1[nH]c(=S)n([C@@H]2O[C@](F)(CO)[C@@H](O)[C@H]2O)cc1CO. The van der Waals surface area contributed by atoms with E-state index in [-0.39, 0.29) is 10.3 Å². The molecule has 1 saturated heterocycles. The minimum Gasteiger partial charge on any atom is -0.391 e. The Hall–Kier alpha value is -1.17. The molecule has 0 bridgehead atoms. The van der Waals surface area contributed by atoms with Gasteiger partial charge in [-0.15, -0.1) is 0 Å². The molecule has 0 radical (unpaired) electrons. The molecule has 0 amide bonds. The summed E-state index contributed by atoms with van der Waals surface area (Å²) in [5, 5.41) is 37.2. The number of hydrogen-bond acceptors (Lipinski definition) is 7. The molecule has 20 heavy (non-hydrogen) atoms. The van der Waals surface area contributed by atoms with Crippen LogP contribution in [0.3, 0.4) is 0 Å². The number of aromatic amines is 1. The summed E-state index contributed by atoms with van der Waals surface area (Å²) in [7, 11) is 0. The van der Waals surface area contributed by atoms with Gasteiger partial charge in [-0.05, 0) is 12.2 Å². The van der Waals surface area contributed by atoms with E-state index in [1.807, 2.05) is 0 Å². The van der Waals surface area contributed by atoms with Crippen molar-refractivity contribution in [2.24, 2.45) is 0 Å². The highest BCUT2D eigenvalue weighted by molar-refractivity contribution is 7.71. The summed E-state index contributed by atoms with van der Waals surface area (Å²) in [5.74, 6) is -2.84. The van der Waals surface area contributed by atoms with Crippen LogP contribution in [0, 0.1) is 4.77 Å². The van der Waals surface area contributed by atoms with E-state index in [1.54, 1.807) is 0 Å². The second kappa shape index (κ2) is 5.31. The molecular formula is C10H13FN2O6S. The number of nitrogens with zero attached hydrogens (tertiary/aromatic N) is 1. The van der Waals surface area contributed by atoms with Crippen molar-refractivity contribution in [2.45, 2.75) is 30.9 Å². The summed E-state index contributed by atoms with van der Waals surface area (Å²) in [6, 6.07) is 0. The molecule has 0 aromatic carbocycles. The van der Waals surface area contributed by atoms with Crippen LogP contribution in [0.5, 0.6) is 0 Å². The normalized spacial score (nSPS) is 33.5. The zero-order valence-electron chi connectivity index (χ0n) is 10.1. The Bertz CT molecular complexity index is 619. The van der Waals surface area contributed by atoms with Crippen LogP contribution in [0.15, 0.2) is 11.0 Å². The molecular weight excluding hydrogens is 295 g/mol. The Kier molecular flexibility index (Phi) is 4.04. The number of aromatic nitrogens is 2. The summed E-state index contributed by atoms with van der Waals surface area (Å²) in [6.45, 7) is -1.76. The largest absolute Gasteiger partial charge is 0.391 e. The van der Waals surface area contributed by atoms with Gasteiger partial charge >= 0.3 is 0 Å². The molecule has 1 fully saturated rings. The van der Waals surface area contributed by atoms with Crippen LogP contribution in [0.25, 0.3) is 0 Å². The van der Waals surface area contributed by atoms with E-state index < -0.39 is 43.1 Å². The molecule has 1 aliphatic rings. The lowest BCUT2D eigenvalue weighted by molar-refractivity contribution is -0.207. The number of rotatable bonds is 3. The third-order valence-electron chi connectivity index (χ3n) is 3.08. The van der Waals surface area contributed by atoms with E-state index in [9.17, 15) is 19.4 Å². The van der Waals surface area contributed by atoms with Gasteiger partial charge in [0.2, 0.25) is 0 Å². The maximum Gasteiger partial charge on any atom is 0.263 e. The van der Waals surface area contributed by atoms with Crippen LogP contribution < -0.4 is 5.56 Å². The summed E-state index contributed by atoms with van der Waals surface area (Å²) in [5.41, 5.74) is -0.709. The van der Waals surface area contributed by atoms with E-state index >= 15 is 0 Å². The van der Waals surface area contributed by atoms with Crippen molar-refractivity contribution in [2.75, 3.05) is 6.61 Å². The van der Waals surface area contributed by atoms with Crippen molar-refractivity contribution < 1.29 is 29.6 Å². The molecule has 112 valence electrons. The number of aliphatic hydroxyl groups excluding tert-OH is 4. The monoisotopic (exact) mass is 308 g/mol. The van der Waals surface area contributed by atoms with Gasteiger partial charge in [0.05, 0.1) is 12.2 Å². The predicted molar refractivity (Wildman–Crippen MR) is 64.9 cm³/mol. The van der Waals surface area contributed by atoms with Crippen molar-refractivity contribution in [3.8, 4) is 0 Å². The molecule has 8 nitrogen and oxygen atoms in total. The van der Waals surface area contributed by atoms with Gasteiger partial charge in [0.25, 0.3) is 11.4 Å². The van der Waals surface area contributed by atoms with Gasteiger partial charge in [0.15, 0.2) is 11.0 Å². The smallest absolute Gasteiger partial charge is 0.263 e. The van der Waals surface area contributed by atoms with Gasteiger partial charge in [-0.2, -0.15) is 0 Å². The van der Waals surface area contributed by atoms with Gasteiger partial charge in [-0.25, -0.2) is 4.39 Å². The van der Waals surface area contributed by atoms with Crippen molar-refractivity contribution in [3.05, 3.63) is 26.9 Å². The highest BCUT2D eigenvalue weighted by atomic mass is 32.1. The van der Waals surface area contributed by atoms with Crippen molar-refractivity contribution in [1.82, 2.24) is 9.55 Å². The highest BCUT2D eigenvalue weighted by Gasteiger charge is 2.55. The molecule has 0 unspecified atom stereocenters. The Morgan fingerprint density at radius 1 is 1.50 bits per heavy atom. The number of hydrogen-bond donors (Lipinski definition) is 5. The van der Waals surface area contributed by atoms with Crippen molar-refractivity contribution in [3.63, 3.8) is 0 Å². The summed E-state index contributed by atoms with van der Waals surface area (Å²) >= 11 is 4.85. The van der Waals surface area contributed by atoms with Gasteiger partial charge in [0.1, 0.15) is 18.8 Å². The van der Waals surface area contributed by atoms with Gasteiger partial charge in [0, 0.05) is 6.20 Å². The Morgan fingerprint density at radius 2 is 2.15 bits per heavy atom. The van der Waals surface area contributed by atoms with Gasteiger partial charge in [-0.3, -0.25) is 14.3 Å². The fourth-order valence-electron chi connectivity index (χ4n) is 1.93. The Labute approximate surface area is 116 Å². The third-order valence-corrected chi connectivity index (χ3v) is 3.39. The van der Waals surface area contributed by atoms with E-state index in [0.717, 1.165) is 10.8 Å². The van der Waals surface area contributed by atoms with Crippen LogP contribution in [0.1, 0.15) is 11.8 Å². The molecule has 2 heterocycles. The van der Waals surface area contributed by atoms with Crippen LogP contribution in [-0.4, -0.2) is 54.6 Å². The number of ether oxygens (including phenoxy) is 1. The van der Waals surface area contributed by atoms with E-state index in [1.165, 1.54) is 0 Å². The topological polar surface area (TPSA) is 128 Å². The number of alkyl halides is 1. The molecule has 1 aromatic rings. The molecule has 5 N–H and O–H groups in total. The maximum atomic E-state index is 14.0. The average molecular weight is 308 g/mol. The number of H-pyrrole nitrogens is 1. The summed E-state index contributed by atoms with van der Waals surface area (Å²) < 4.78 is 19.6. The lowest BCUT2D eigenvalue weighted by atomic mass is 10.1. The second-order valence-electron chi connectivity index (χ2n) is 4.37. The van der Waals surface area contributed by atoms with Crippen LogP contribution >= 0.6 is 12.2 Å². The summed E-state index contributed by atoms with van der Waals surface area (Å²) in [4.78, 5) is 13.6. The average Bonchev–Trinajstić information content (AvgIpc) is 2.64. The first-order valence-corrected chi connectivity index (χ1v) is 6.04. The molecule has 0 spiro atoms. The molecule has 0 saturated carbocycles. The number of aliphatic hydroxyl groups is 4. The fraction of sp³-hybridized carbons (Fsp3) is 0.600. The highest BCUT2D eigenvalue weighted by Crippen LogP contribution is 2.37. The number of halogens is 1. The molecule has 2 rings (SSSR count). The first-order valence-electron chi connectivity index (χ1n) is 5.63. The van der Waals surface area contributed by atoms with E-state index in [2.05, 4.69) is 4.98 Å². The first kappa shape index (κ1) is 15.2. The predicted octanol–water partition coefficient (Wildman–Crippen LogP) is -1.69. The van der Waals surface area contributed by atoms with Gasteiger partial charge < -0.3 is 25.2 Å². The van der Waals surface area contributed by atoms with Gasteiger partial charge in [-0.1, -0.05) is 0 Å². The third kappa shape index (κ3) is 2.30. The fourth-order valence-corrected chi connectivity index (χ4v) is 2.18. The molecule has 4 atom stereocenters. The van der Waals surface area contributed by atoms with Crippen molar-refractivity contribution >= 4 is 12.2 Å². The second-order valence-corrected chi connectivity index (χ2v) is 4.75. The lowest BCUT2D eigenvalue weighted by Gasteiger charge is -2.20. The Morgan fingerprint density at radius 3 is 2.65 bits per heavy atom. The zero-order chi connectivity index (χ0) is 15.1. The van der Waals surface area contributed by atoms with Crippen LogP contribution in [-0.2, 0) is 11.3 Å². The summed E-state index contributed by atoms with van der Waals surface area (Å²) in [6.07, 6.45) is -4.05.